The summed E-state index contributed by atoms with van der Waals surface area (Å²) in [5, 5.41) is 9.07. The largest absolute Gasteiger partial charge is 0.478 e. The molecule has 1 N–H and O–H groups in total. The number of ketones is 1. The lowest BCUT2D eigenvalue weighted by molar-refractivity contribution is -0.115. The van der Waals surface area contributed by atoms with Crippen molar-refractivity contribution in [3.05, 3.63) is 58.3 Å². The van der Waals surface area contributed by atoms with Gasteiger partial charge in [0, 0.05) is 10.2 Å². The van der Waals surface area contributed by atoms with E-state index in [1.165, 1.54) is 36.1 Å². The van der Waals surface area contributed by atoms with E-state index < -0.39 is 11.8 Å². The second-order valence-corrected chi connectivity index (χ2v) is 6.02. The first-order valence-corrected chi connectivity index (χ1v) is 7.81. The van der Waals surface area contributed by atoms with Gasteiger partial charge in [0.15, 0.2) is 18.3 Å². The summed E-state index contributed by atoms with van der Waals surface area (Å²) >= 11 is 3.16. The molecule has 2 rings (SSSR count). The molecular weight excluding hydrogens is 381 g/mol. The Morgan fingerprint density at radius 2 is 2.00 bits per heavy atom. The number of ether oxygens (including phenoxy) is 1. The van der Waals surface area contributed by atoms with Crippen LogP contribution >= 0.6 is 15.9 Å². The summed E-state index contributed by atoms with van der Waals surface area (Å²) in [6, 6.07) is 10.5. The van der Waals surface area contributed by atoms with Gasteiger partial charge in [-0.3, -0.25) is 4.79 Å². The molecule has 0 radical (unpaired) electrons. The van der Waals surface area contributed by atoms with Gasteiger partial charge in [-0.15, -0.1) is 0 Å². The van der Waals surface area contributed by atoms with Crippen molar-refractivity contribution in [1.82, 2.24) is 0 Å². The minimum Gasteiger partial charge on any atom is -0.478 e. The van der Waals surface area contributed by atoms with Crippen LogP contribution in [0.25, 0.3) is 0 Å². The molecule has 0 saturated carbocycles. The van der Waals surface area contributed by atoms with E-state index in [9.17, 15) is 14.0 Å². The number of hydrogen-bond acceptors (Lipinski definition) is 4. The average molecular weight is 396 g/mol. The number of carboxylic acids is 1. The smallest absolute Gasteiger partial charge is 0.335 e. The maximum absolute atomic E-state index is 13.8. The highest BCUT2D eigenvalue weighted by Gasteiger charge is 2.13. The fourth-order valence-corrected chi connectivity index (χ4v) is 2.39. The standard InChI is InChI=1S/C17H15BrFNO4/c1-11(21)9-20(14-4-2-3-12(7-14)17(22)23)10-24-16-6-5-13(18)8-15(16)19/h2-8H,9-10H2,1H3,(H,22,23). The van der Waals surface area contributed by atoms with Gasteiger partial charge in [-0.1, -0.05) is 22.0 Å². The van der Waals surface area contributed by atoms with Crippen LogP contribution in [-0.2, 0) is 4.79 Å². The highest BCUT2D eigenvalue weighted by atomic mass is 79.9. The quantitative estimate of drug-likeness (QED) is 0.723. The summed E-state index contributed by atoms with van der Waals surface area (Å²) in [5.41, 5.74) is 0.596. The Morgan fingerprint density at radius 1 is 1.25 bits per heavy atom. The number of nitrogens with zero attached hydrogens (tertiary/aromatic N) is 1. The summed E-state index contributed by atoms with van der Waals surface area (Å²) in [5.74, 6) is -1.69. The molecule has 0 atom stereocenters. The van der Waals surface area contributed by atoms with Gasteiger partial charge in [0.1, 0.15) is 5.78 Å². The summed E-state index contributed by atoms with van der Waals surface area (Å²) in [4.78, 5) is 24.1. The zero-order valence-corrected chi connectivity index (χ0v) is 14.4. The van der Waals surface area contributed by atoms with Gasteiger partial charge in [0.2, 0.25) is 0 Å². The predicted octanol–water partition coefficient (Wildman–Crippen LogP) is 3.72. The highest BCUT2D eigenvalue weighted by Crippen LogP contribution is 2.23. The Kier molecular flexibility index (Phi) is 5.92. The number of anilines is 1. The zero-order valence-electron chi connectivity index (χ0n) is 12.8. The maximum atomic E-state index is 13.8. The first kappa shape index (κ1) is 17.9. The lowest BCUT2D eigenvalue weighted by atomic mass is 10.2. The molecule has 0 aliphatic carbocycles. The number of benzene rings is 2. The van der Waals surface area contributed by atoms with Crippen LogP contribution in [0.2, 0.25) is 0 Å². The third-order valence-electron chi connectivity index (χ3n) is 3.14. The molecule has 0 bridgehead atoms. The molecule has 24 heavy (non-hydrogen) atoms. The third-order valence-corrected chi connectivity index (χ3v) is 3.63. The van der Waals surface area contributed by atoms with Crippen LogP contribution in [0.1, 0.15) is 17.3 Å². The molecule has 2 aromatic rings. The van der Waals surface area contributed by atoms with Gasteiger partial charge < -0.3 is 14.7 Å². The number of carboxylic acid groups (broad SMARTS) is 1. The van der Waals surface area contributed by atoms with E-state index in [-0.39, 0.29) is 30.4 Å². The molecule has 0 aliphatic rings. The summed E-state index contributed by atoms with van der Waals surface area (Å²) in [6.07, 6.45) is 0. The van der Waals surface area contributed by atoms with Crippen molar-refractivity contribution in [3.63, 3.8) is 0 Å². The van der Waals surface area contributed by atoms with Crippen LogP contribution in [0.15, 0.2) is 46.9 Å². The fourth-order valence-electron chi connectivity index (χ4n) is 2.06. The topological polar surface area (TPSA) is 66.8 Å². The van der Waals surface area contributed by atoms with E-state index in [2.05, 4.69) is 15.9 Å². The molecule has 0 saturated heterocycles. The Balaban J connectivity index is 2.20. The van der Waals surface area contributed by atoms with Gasteiger partial charge in [0.25, 0.3) is 0 Å². The number of halogens is 2. The Bertz CT molecular complexity index is 766. The van der Waals surface area contributed by atoms with E-state index in [0.29, 0.717) is 10.2 Å². The first-order valence-electron chi connectivity index (χ1n) is 7.02. The van der Waals surface area contributed by atoms with Gasteiger partial charge in [-0.25, -0.2) is 9.18 Å². The van der Waals surface area contributed by atoms with Crippen molar-refractivity contribution >= 4 is 33.4 Å². The lowest BCUT2D eigenvalue weighted by Gasteiger charge is -2.24. The maximum Gasteiger partial charge on any atom is 0.335 e. The normalized spacial score (nSPS) is 10.3. The monoisotopic (exact) mass is 395 g/mol. The van der Waals surface area contributed by atoms with E-state index >= 15 is 0 Å². The number of carbonyl (C=O) groups excluding carboxylic acids is 1. The molecule has 0 heterocycles. The molecule has 5 nitrogen and oxygen atoms in total. The van der Waals surface area contributed by atoms with Crippen LogP contribution in [0.4, 0.5) is 10.1 Å². The summed E-state index contributed by atoms with van der Waals surface area (Å²) < 4.78 is 19.8. The molecule has 0 spiro atoms. The fraction of sp³-hybridized carbons (Fsp3) is 0.176. The van der Waals surface area contributed by atoms with Gasteiger partial charge in [-0.2, -0.15) is 0 Å². The average Bonchev–Trinajstić information content (AvgIpc) is 2.52. The summed E-state index contributed by atoms with van der Waals surface area (Å²) in [7, 11) is 0. The number of carbonyl (C=O) groups is 2. The molecule has 0 amide bonds. The molecule has 0 fully saturated rings. The number of hydrogen-bond donors (Lipinski definition) is 1. The second-order valence-electron chi connectivity index (χ2n) is 5.10. The minimum absolute atomic E-state index is 0.0151. The van der Waals surface area contributed by atoms with Crippen LogP contribution < -0.4 is 9.64 Å². The van der Waals surface area contributed by atoms with E-state index in [1.54, 1.807) is 18.2 Å². The number of Topliss-reactive ketones (excluding diaryl/α,β-unsaturated/α-hetero) is 1. The SMILES string of the molecule is CC(=O)CN(COc1ccc(Br)cc1F)c1cccc(C(=O)O)c1. The third kappa shape index (κ3) is 4.79. The molecular formula is C17H15BrFNO4. The predicted molar refractivity (Wildman–Crippen MR) is 91.0 cm³/mol. The first-order chi connectivity index (χ1) is 11.4. The Labute approximate surface area is 146 Å². The van der Waals surface area contributed by atoms with Crippen molar-refractivity contribution in [1.29, 1.82) is 0 Å². The van der Waals surface area contributed by atoms with Crippen molar-refractivity contribution in [3.8, 4) is 5.75 Å². The Morgan fingerprint density at radius 3 is 2.62 bits per heavy atom. The van der Waals surface area contributed by atoms with Crippen LogP contribution in [0.5, 0.6) is 5.75 Å². The molecule has 2 aromatic carbocycles. The Hall–Kier alpha value is -2.41. The summed E-state index contributed by atoms with van der Waals surface area (Å²) in [6.45, 7) is 1.33. The molecule has 0 aromatic heterocycles. The van der Waals surface area contributed by atoms with Gasteiger partial charge >= 0.3 is 5.97 Å². The van der Waals surface area contributed by atoms with E-state index in [4.69, 9.17) is 9.84 Å². The highest BCUT2D eigenvalue weighted by molar-refractivity contribution is 9.10. The van der Waals surface area contributed by atoms with Crippen molar-refractivity contribution < 1.29 is 23.8 Å². The van der Waals surface area contributed by atoms with E-state index in [1.807, 2.05) is 0 Å². The zero-order chi connectivity index (χ0) is 17.7. The van der Waals surface area contributed by atoms with Gasteiger partial charge in [0.05, 0.1) is 12.1 Å². The van der Waals surface area contributed by atoms with Crippen LogP contribution in [0.3, 0.4) is 0 Å². The van der Waals surface area contributed by atoms with Crippen molar-refractivity contribution in [2.24, 2.45) is 0 Å². The molecule has 126 valence electrons. The minimum atomic E-state index is -1.07. The molecule has 0 unspecified atom stereocenters. The van der Waals surface area contributed by atoms with Crippen molar-refractivity contribution in [2.75, 3.05) is 18.2 Å². The molecule has 7 heteroatoms. The lowest BCUT2D eigenvalue weighted by Crippen LogP contribution is -2.32. The van der Waals surface area contributed by atoms with Gasteiger partial charge in [-0.05, 0) is 43.3 Å². The van der Waals surface area contributed by atoms with Crippen LogP contribution in [0, 0.1) is 5.82 Å². The molecule has 0 aliphatic heterocycles. The second kappa shape index (κ2) is 7.92. The van der Waals surface area contributed by atoms with Crippen LogP contribution in [-0.4, -0.2) is 30.1 Å². The number of rotatable bonds is 7. The number of aromatic carboxylic acids is 1. The van der Waals surface area contributed by atoms with Crippen molar-refractivity contribution in [2.45, 2.75) is 6.92 Å². The van der Waals surface area contributed by atoms with E-state index in [0.717, 1.165) is 0 Å².